The Morgan fingerprint density at radius 1 is 1.04 bits per heavy atom. The fraction of sp³-hybridized carbons (Fsp3) is 0.632. The zero-order valence-electron chi connectivity index (χ0n) is 15.6. The van der Waals surface area contributed by atoms with Gasteiger partial charge in [-0.2, -0.15) is 0 Å². The standard InChI is InChI=1S/C19H28N2O3S/c1-5-19(22)21-7-6-20(17-11-25(23,24)12-18(17)21)10-16-9-14(3)13(2)8-15(16)4/h8-9,17-18H,5-7,10-12H2,1-4H3/t17-,18+/m1/s1. The van der Waals surface area contributed by atoms with Gasteiger partial charge in [0.05, 0.1) is 17.5 Å². The van der Waals surface area contributed by atoms with Crippen LogP contribution in [0.4, 0.5) is 0 Å². The number of carbonyl (C=O) groups excluding carboxylic acids is 1. The lowest BCUT2D eigenvalue weighted by Crippen LogP contribution is -2.60. The molecule has 0 bridgehead atoms. The summed E-state index contributed by atoms with van der Waals surface area (Å²) in [5.74, 6) is 0.329. The van der Waals surface area contributed by atoms with Crippen LogP contribution < -0.4 is 0 Å². The molecule has 0 radical (unpaired) electrons. The Morgan fingerprint density at radius 3 is 2.36 bits per heavy atom. The number of carbonyl (C=O) groups is 1. The molecule has 25 heavy (non-hydrogen) atoms. The molecule has 1 aromatic carbocycles. The summed E-state index contributed by atoms with van der Waals surface area (Å²) >= 11 is 0. The van der Waals surface area contributed by atoms with Crippen molar-refractivity contribution in [2.45, 2.75) is 52.7 Å². The molecule has 6 heteroatoms. The van der Waals surface area contributed by atoms with Gasteiger partial charge >= 0.3 is 0 Å². The first kappa shape index (κ1) is 18.4. The maximum absolute atomic E-state index is 12.3. The minimum atomic E-state index is -3.09. The van der Waals surface area contributed by atoms with E-state index in [2.05, 4.69) is 37.8 Å². The maximum Gasteiger partial charge on any atom is 0.222 e. The molecule has 2 saturated heterocycles. The first-order chi connectivity index (χ1) is 11.7. The summed E-state index contributed by atoms with van der Waals surface area (Å²) in [6, 6.07) is 4.13. The van der Waals surface area contributed by atoms with Gasteiger partial charge in [0.25, 0.3) is 0 Å². The van der Waals surface area contributed by atoms with Crippen LogP contribution in [0.3, 0.4) is 0 Å². The van der Waals surface area contributed by atoms with Gasteiger partial charge in [0.1, 0.15) is 0 Å². The number of fused-ring (bicyclic) bond motifs is 1. The molecule has 2 atom stereocenters. The number of amides is 1. The number of rotatable bonds is 3. The Labute approximate surface area is 150 Å². The van der Waals surface area contributed by atoms with Crippen LogP contribution in [-0.4, -0.2) is 60.8 Å². The molecule has 0 N–H and O–H groups in total. The first-order valence-corrected chi connectivity index (χ1v) is 10.8. The van der Waals surface area contributed by atoms with Crippen molar-refractivity contribution in [1.29, 1.82) is 0 Å². The number of hydrogen-bond acceptors (Lipinski definition) is 4. The molecule has 2 heterocycles. The minimum absolute atomic E-state index is 0.0640. The van der Waals surface area contributed by atoms with Crippen molar-refractivity contribution in [2.75, 3.05) is 24.6 Å². The van der Waals surface area contributed by atoms with Crippen LogP contribution in [0.2, 0.25) is 0 Å². The molecule has 0 aliphatic carbocycles. The summed E-state index contributed by atoms with van der Waals surface area (Å²) in [6.07, 6.45) is 0.430. The highest BCUT2D eigenvalue weighted by molar-refractivity contribution is 7.91. The van der Waals surface area contributed by atoms with Crippen molar-refractivity contribution < 1.29 is 13.2 Å². The van der Waals surface area contributed by atoms with Crippen molar-refractivity contribution in [1.82, 2.24) is 9.80 Å². The molecular weight excluding hydrogens is 336 g/mol. The average molecular weight is 365 g/mol. The van der Waals surface area contributed by atoms with E-state index < -0.39 is 9.84 Å². The lowest BCUT2D eigenvalue weighted by molar-refractivity contribution is -0.136. The Kier molecular flexibility index (Phi) is 4.95. The van der Waals surface area contributed by atoms with Gasteiger partial charge in [0.2, 0.25) is 5.91 Å². The van der Waals surface area contributed by atoms with Crippen LogP contribution in [-0.2, 0) is 21.2 Å². The van der Waals surface area contributed by atoms with Crippen LogP contribution in [0.15, 0.2) is 12.1 Å². The van der Waals surface area contributed by atoms with E-state index >= 15 is 0 Å². The van der Waals surface area contributed by atoms with Gasteiger partial charge in [-0.1, -0.05) is 19.1 Å². The highest BCUT2D eigenvalue weighted by Gasteiger charge is 2.47. The Hall–Kier alpha value is -1.40. The Morgan fingerprint density at radius 2 is 1.68 bits per heavy atom. The van der Waals surface area contributed by atoms with E-state index in [-0.39, 0.29) is 29.5 Å². The second-order valence-corrected chi connectivity index (χ2v) is 9.64. The SMILES string of the molecule is CCC(=O)N1CCN(Cc2cc(C)c(C)cc2C)[C@@H]2CS(=O)(=O)C[C@@H]21. The molecule has 1 amide bonds. The fourth-order valence-corrected chi connectivity index (χ4v) is 6.16. The third-order valence-electron chi connectivity index (χ3n) is 5.74. The molecule has 1 aromatic rings. The summed E-state index contributed by atoms with van der Waals surface area (Å²) < 4.78 is 24.5. The van der Waals surface area contributed by atoms with Gasteiger partial charge in [-0.3, -0.25) is 9.69 Å². The van der Waals surface area contributed by atoms with E-state index in [1.807, 2.05) is 6.92 Å². The summed E-state index contributed by atoms with van der Waals surface area (Å²) in [5.41, 5.74) is 5.03. The van der Waals surface area contributed by atoms with Gasteiger partial charge in [-0.15, -0.1) is 0 Å². The number of sulfone groups is 1. The van der Waals surface area contributed by atoms with Gasteiger partial charge in [-0.25, -0.2) is 8.42 Å². The predicted molar refractivity (Wildman–Crippen MR) is 99.3 cm³/mol. The second kappa shape index (κ2) is 6.72. The van der Waals surface area contributed by atoms with Gasteiger partial charge in [0.15, 0.2) is 9.84 Å². The highest BCUT2D eigenvalue weighted by Crippen LogP contribution is 2.29. The lowest BCUT2D eigenvalue weighted by Gasteiger charge is -2.44. The maximum atomic E-state index is 12.3. The van der Waals surface area contributed by atoms with E-state index in [9.17, 15) is 13.2 Å². The highest BCUT2D eigenvalue weighted by atomic mass is 32.2. The molecule has 2 aliphatic heterocycles. The number of benzene rings is 1. The third-order valence-corrected chi connectivity index (χ3v) is 7.44. The van der Waals surface area contributed by atoms with Crippen molar-refractivity contribution in [3.05, 3.63) is 34.4 Å². The molecule has 5 nitrogen and oxygen atoms in total. The number of piperazine rings is 1. The van der Waals surface area contributed by atoms with E-state index in [1.165, 1.54) is 22.3 Å². The number of nitrogens with zero attached hydrogens (tertiary/aromatic N) is 2. The molecule has 0 unspecified atom stereocenters. The normalized spacial score (nSPS) is 25.8. The molecule has 3 rings (SSSR count). The van der Waals surface area contributed by atoms with E-state index in [0.717, 1.165) is 13.1 Å². The summed E-state index contributed by atoms with van der Waals surface area (Å²) in [7, 11) is -3.09. The third kappa shape index (κ3) is 3.60. The number of aryl methyl sites for hydroxylation is 3. The Bertz CT molecular complexity index is 788. The first-order valence-electron chi connectivity index (χ1n) is 9.02. The van der Waals surface area contributed by atoms with Crippen LogP contribution in [0.25, 0.3) is 0 Å². The van der Waals surface area contributed by atoms with Crippen LogP contribution in [0.5, 0.6) is 0 Å². The van der Waals surface area contributed by atoms with Gasteiger partial charge in [0, 0.05) is 32.1 Å². The van der Waals surface area contributed by atoms with Crippen molar-refractivity contribution in [3.63, 3.8) is 0 Å². The fourth-order valence-electron chi connectivity index (χ4n) is 4.14. The predicted octanol–water partition coefficient (Wildman–Crippen LogP) is 1.83. The van der Waals surface area contributed by atoms with Crippen LogP contribution in [0.1, 0.15) is 35.6 Å². The Balaban J connectivity index is 1.86. The van der Waals surface area contributed by atoms with Crippen LogP contribution >= 0.6 is 0 Å². The molecule has 2 aliphatic rings. The second-order valence-electron chi connectivity index (χ2n) is 7.49. The molecule has 0 spiro atoms. The number of hydrogen-bond donors (Lipinski definition) is 0. The van der Waals surface area contributed by atoms with Gasteiger partial charge < -0.3 is 4.90 Å². The van der Waals surface area contributed by atoms with E-state index in [0.29, 0.717) is 13.0 Å². The quantitative estimate of drug-likeness (QED) is 0.821. The largest absolute Gasteiger partial charge is 0.336 e. The zero-order chi connectivity index (χ0) is 18.4. The molecular formula is C19H28N2O3S. The molecule has 2 fully saturated rings. The van der Waals surface area contributed by atoms with Gasteiger partial charge in [-0.05, 0) is 43.0 Å². The average Bonchev–Trinajstić information content (AvgIpc) is 2.87. The smallest absolute Gasteiger partial charge is 0.222 e. The molecule has 0 saturated carbocycles. The van der Waals surface area contributed by atoms with Crippen molar-refractivity contribution in [2.24, 2.45) is 0 Å². The zero-order valence-corrected chi connectivity index (χ0v) is 16.4. The van der Waals surface area contributed by atoms with E-state index in [4.69, 9.17) is 0 Å². The topological polar surface area (TPSA) is 57.7 Å². The van der Waals surface area contributed by atoms with Crippen molar-refractivity contribution in [3.8, 4) is 0 Å². The summed E-state index contributed by atoms with van der Waals surface area (Å²) in [4.78, 5) is 16.3. The van der Waals surface area contributed by atoms with Crippen molar-refractivity contribution >= 4 is 15.7 Å². The summed E-state index contributed by atoms with van der Waals surface area (Å²) in [5, 5.41) is 0. The monoisotopic (exact) mass is 364 g/mol. The molecule has 138 valence electrons. The molecule has 0 aromatic heterocycles. The minimum Gasteiger partial charge on any atom is -0.336 e. The summed E-state index contributed by atoms with van der Waals surface area (Å²) in [6.45, 7) is 10.3. The lowest BCUT2D eigenvalue weighted by atomic mass is 9.98. The van der Waals surface area contributed by atoms with Crippen LogP contribution in [0, 0.1) is 20.8 Å². The van der Waals surface area contributed by atoms with E-state index in [1.54, 1.807) is 4.90 Å².